The van der Waals surface area contributed by atoms with Crippen LogP contribution < -0.4 is 0 Å². The number of hydrogen-bond acceptors (Lipinski definition) is 2. The Bertz CT molecular complexity index is 408. The van der Waals surface area contributed by atoms with Gasteiger partial charge in [-0.05, 0) is 25.8 Å². The molecule has 0 radical (unpaired) electrons. The van der Waals surface area contributed by atoms with Gasteiger partial charge in [0.1, 0.15) is 0 Å². The van der Waals surface area contributed by atoms with Crippen LogP contribution in [0.15, 0.2) is 12.5 Å². The number of nitrogens with one attached hydrogen (secondary N) is 2. The van der Waals surface area contributed by atoms with E-state index in [0.29, 0.717) is 5.92 Å². The fourth-order valence-corrected chi connectivity index (χ4v) is 1.83. The van der Waals surface area contributed by atoms with E-state index >= 15 is 0 Å². The molecule has 2 aromatic heterocycles. The largest absolute Gasteiger partial charge is 0.348 e. The maximum absolute atomic E-state index is 4.20. The van der Waals surface area contributed by atoms with Crippen molar-refractivity contribution in [1.29, 1.82) is 0 Å². The summed E-state index contributed by atoms with van der Waals surface area (Å²) in [5.41, 5.74) is 4.75. The summed E-state index contributed by atoms with van der Waals surface area (Å²) in [6.45, 7) is 6.30. The molecule has 1 atom stereocenters. The zero-order valence-corrected chi connectivity index (χ0v) is 9.33. The lowest BCUT2D eigenvalue weighted by molar-refractivity contribution is 0.730. The molecule has 15 heavy (non-hydrogen) atoms. The highest BCUT2D eigenvalue weighted by atomic mass is 15.1. The molecule has 80 valence electrons. The minimum atomic E-state index is 0.447. The van der Waals surface area contributed by atoms with Crippen molar-refractivity contribution in [3.05, 3.63) is 35.2 Å². The van der Waals surface area contributed by atoms with E-state index in [2.05, 4.69) is 34.0 Å². The first-order chi connectivity index (χ1) is 7.18. The van der Waals surface area contributed by atoms with Crippen LogP contribution in [0.2, 0.25) is 0 Å². The summed E-state index contributed by atoms with van der Waals surface area (Å²) in [4.78, 5) is 7.18. The lowest BCUT2D eigenvalue weighted by atomic mass is 9.97. The molecule has 0 saturated carbocycles. The molecule has 4 heteroatoms. The number of H-pyrrole nitrogens is 2. The molecule has 2 aromatic rings. The molecule has 2 rings (SSSR count). The lowest BCUT2D eigenvalue weighted by Gasteiger charge is -2.09. The highest BCUT2D eigenvalue weighted by Crippen LogP contribution is 2.21. The van der Waals surface area contributed by atoms with Crippen molar-refractivity contribution >= 4 is 0 Å². The van der Waals surface area contributed by atoms with Gasteiger partial charge in [0, 0.05) is 23.5 Å². The Morgan fingerprint density at radius 3 is 2.73 bits per heavy atom. The van der Waals surface area contributed by atoms with E-state index in [-0.39, 0.29) is 0 Å². The second-order valence-electron chi connectivity index (χ2n) is 4.02. The summed E-state index contributed by atoms with van der Waals surface area (Å²) in [6, 6.07) is 0. The Balaban J connectivity index is 2.16. The van der Waals surface area contributed by atoms with E-state index in [0.717, 1.165) is 12.1 Å². The van der Waals surface area contributed by atoms with Crippen LogP contribution in [-0.2, 0) is 6.42 Å². The van der Waals surface area contributed by atoms with Crippen LogP contribution in [0, 0.1) is 13.8 Å². The molecule has 2 N–H and O–H groups in total. The molecule has 0 aliphatic rings. The fourth-order valence-electron chi connectivity index (χ4n) is 1.83. The first kappa shape index (κ1) is 9.96. The van der Waals surface area contributed by atoms with Crippen molar-refractivity contribution in [3.63, 3.8) is 0 Å². The van der Waals surface area contributed by atoms with Crippen LogP contribution >= 0.6 is 0 Å². The summed E-state index contributed by atoms with van der Waals surface area (Å²) in [5, 5.41) is 7.21. The zero-order chi connectivity index (χ0) is 10.8. The van der Waals surface area contributed by atoms with Gasteiger partial charge in [0.25, 0.3) is 0 Å². The highest BCUT2D eigenvalue weighted by molar-refractivity contribution is 5.25. The first-order valence-electron chi connectivity index (χ1n) is 5.17. The van der Waals surface area contributed by atoms with E-state index in [9.17, 15) is 0 Å². The molecular formula is C11H16N4. The van der Waals surface area contributed by atoms with Crippen LogP contribution in [0.3, 0.4) is 0 Å². The Labute approximate surface area is 89.1 Å². The van der Waals surface area contributed by atoms with Gasteiger partial charge in [0.15, 0.2) is 0 Å². The summed E-state index contributed by atoms with van der Waals surface area (Å²) >= 11 is 0. The Morgan fingerprint density at radius 2 is 2.20 bits per heavy atom. The Morgan fingerprint density at radius 1 is 1.40 bits per heavy atom. The van der Waals surface area contributed by atoms with Crippen LogP contribution in [-0.4, -0.2) is 20.2 Å². The predicted octanol–water partition coefficient (Wildman–Crippen LogP) is 2.10. The maximum atomic E-state index is 4.20. The number of aromatic nitrogens is 4. The quantitative estimate of drug-likeness (QED) is 0.804. The third kappa shape index (κ3) is 1.93. The summed E-state index contributed by atoms with van der Waals surface area (Å²) in [5.74, 6) is 0.447. The Kier molecular flexibility index (Phi) is 2.58. The number of nitrogens with zero attached hydrogens (tertiary/aromatic N) is 2. The fraction of sp³-hybridized carbons (Fsp3) is 0.455. The Hall–Kier alpha value is -1.58. The molecule has 0 bridgehead atoms. The van der Waals surface area contributed by atoms with Gasteiger partial charge in [-0.3, -0.25) is 5.10 Å². The zero-order valence-electron chi connectivity index (χ0n) is 9.33. The van der Waals surface area contributed by atoms with Crippen LogP contribution in [0.1, 0.15) is 35.5 Å². The molecule has 0 spiro atoms. The maximum Gasteiger partial charge on any atom is 0.0921 e. The average molecular weight is 204 g/mol. The molecule has 2 heterocycles. The van der Waals surface area contributed by atoms with E-state index < -0.39 is 0 Å². The van der Waals surface area contributed by atoms with Gasteiger partial charge in [-0.25, -0.2) is 4.98 Å². The van der Waals surface area contributed by atoms with Crippen molar-refractivity contribution in [2.45, 2.75) is 33.1 Å². The van der Waals surface area contributed by atoms with Crippen LogP contribution in [0.25, 0.3) is 0 Å². The van der Waals surface area contributed by atoms with Gasteiger partial charge in [0.05, 0.1) is 12.0 Å². The topological polar surface area (TPSA) is 57.4 Å². The molecule has 0 aliphatic carbocycles. The van der Waals surface area contributed by atoms with Gasteiger partial charge in [-0.1, -0.05) is 6.92 Å². The summed E-state index contributed by atoms with van der Waals surface area (Å²) in [6.07, 6.45) is 4.60. The van der Waals surface area contributed by atoms with E-state index in [1.165, 1.54) is 17.0 Å². The molecular weight excluding hydrogens is 188 g/mol. The molecule has 0 fully saturated rings. The van der Waals surface area contributed by atoms with Crippen molar-refractivity contribution in [1.82, 2.24) is 20.2 Å². The second kappa shape index (κ2) is 3.88. The predicted molar refractivity (Wildman–Crippen MR) is 58.8 cm³/mol. The minimum absolute atomic E-state index is 0.447. The molecule has 0 saturated heterocycles. The lowest BCUT2D eigenvalue weighted by Crippen LogP contribution is -2.00. The summed E-state index contributed by atoms with van der Waals surface area (Å²) in [7, 11) is 0. The highest BCUT2D eigenvalue weighted by Gasteiger charge is 2.13. The van der Waals surface area contributed by atoms with E-state index in [1.807, 2.05) is 13.1 Å². The minimum Gasteiger partial charge on any atom is -0.348 e. The van der Waals surface area contributed by atoms with Crippen molar-refractivity contribution < 1.29 is 0 Å². The van der Waals surface area contributed by atoms with Gasteiger partial charge in [-0.2, -0.15) is 5.10 Å². The van der Waals surface area contributed by atoms with Gasteiger partial charge in [0.2, 0.25) is 0 Å². The summed E-state index contributed by atoms with van der Waals surface area (Å²) < 4.78 is 0. The number of imidazole rings is 1. The second-order valence-corrected chi connectivity index (χ2v) is 4.02. The number of aromatic amines is 2. The monoisotopic (exact) mass is 204 g/mol. The van der Waals surface area contributed by atoms with Crippen molar-refractivity contribution in [2.24, 2.45) is 0 Å². The van der Waals surface area contributed by atoms with Gasteiger partial charge < -0.3 is 4.98 Å². The average Bonchev–Trinajstić information content (AvgIpc) is 2.82. The van der Waals surface area contributed by atoms with Crippen molar-refractivity contribution in [2.75, 3.05) is 0 Å². The molecule has 0 amide bonds. The molecule has 1 unspecified atom stereocenters. The van der Waals surface area contributed by atoms with E-state index in [1.54, 1.807) is 6.33 Å². The van der Waals surface area contributed by atoms with Gasteiger partial charge >= 0.3 is 0 Å². The molecule has 0 aromatic carbocycles. The number of rotatable bonds is 3. The smallest absolute Gasteiger partial charge is 0.0921 e. The third-order valence-electron chi connectivity index (χ3n) is 2.84. The first-order valence-corrected chi connectivity index (χ1v) is 5.17. The number of hydrogen-bond donors (Lipinski definition) is 2. The van der Waals surface area contributed by atoms with Gasteiger partial charge in [-0.15, -0.1) is 0 Å². The SMILES string of the molecule is Cc1n[nH]c(C)c1CC(C)c1cnc[nH]1. The molecule has 0 aliphatic heterocycles. The standard InChI is InChI=1S/C11H16N4/c1-7(11-5-12-6-13-11)4-10-8(2)14-15-9(10)3/h5-7H,4H2,1-3H3,(H,12,13)(H,14,15). The van der Waals surface area contributed by atoms with Crippen LogP contribution in [0.4, 0.5) is 0 Å². The normalized spacial score (nSPS) is 13.0. The number of aryl methyl sites for hydroxylation is 2. The third-order valence-corrected chi connectivity index (χ3v) is 2.84. The van der Waals surface area contributed by atoms with Crippen molar-refractivity contribution in [3.8, 4) is 0 Å². The molecule has 4 nitrogen and oxygen atoms in total. The van der Waals surface area contributed by atoms with Crippen LogP contribution in [0.5, 0.6) is 0 Å². The van der Waals surface area contributed by atoms with E-state index in [4.69, 9.17) is 0 Å².